The molecule has 0 aliphatic heterocycles. The van der Waals surface area contributed by atoms with Crippen LogP contribution in [-0.4, -0.2) is 36.1 Å². The van der Waals surface area contributed by atoms with Gasteiger partial charge in [0, 0.05) is 18.0 Å². The molecule has 1 heterocycles. The fourth-order valence-corrected chi connectivity index (χ4v) is 2.21. The van der Waals surface area contributed by atoms with E-state index >= 15 is 0 Å². The van der Waals surface area contributed by atoms with Crippen LogP contribution in [-0.2, 0) is 0 Å². The summed E-state index contributed by atoms with van der Waals surface area (Å²) in [6.07, 6.45) is 0. The molecule has 3 nitrogen and oxygen atoms in total. The summed E-state index contributed by atoms with van der Waals surface area (Å²) in [5.41, 5.74) is 2.21. The lowest BCUT2D eigenvalue weighted by Gasteiger charge is -2.18. The van der Waals surface area contributed by atoms with Crippen molar-refractivity contribution in [3.05, 3.63) is 35.9 Å². The number of ether oxygens (including phenoxy) is 1. The van der Waals surface area contributed by atoms with E-state index in [-0.39, 0.29) is 0 Å². The second kappa shape index (κ2) is 6.53. The monoisotopic (exact) mass is 258 g/mol. The highest BCUT2D eigenvalue weighted by atomic mass is 16.5. The minimum absolute atomic E-state index is 0.687. The predicted octanol–water partition coefficient (Wildman–Crippen LogP) is 3.26. The van der Waals surface area contributed by atoms with Crippen molar-refractivity contribution in [1.82, 2.24) is 9.88 Å². The molecule has 0 aliphatic carbocycles. The highest BCUT2D eigenvalue weighted by molar-refractivity contribution is 5.82. The van der Waals surface area contributed by atoms with Gasteiger partial charge in [0.25, 0.3) is 0 Å². The Labute approximate surface area is 115 Å². The number of rotatable bonds is 6. The third-order valence-corrected chi connectivity index (χ3v) is 3.45. The summed E-state index contributed by atoms with van der Waals surface area (Å²) in [6, 6.07) is 10.2. The average molecular weight is 258 g/mol. The van der Waals surface area contributed by atoms with Crippen LogP contribution < -0.4 is 4.74 Å². The van der Waals surface area contributed by atoms with Crippen LogP contribution in [0.25, 0.3) is 10.9 Å². The molecule has 1 aromatic carbocycles. The topological polar surface area (TPSA) is 25.4 Å². The number of likely N-dealkylation sites (N-methyl/N-ethyl adjacent to an activating group) is 1. The van der Waals surface area contributed by atoms with Gasteiger partial charge in [0.1, 0.15) is 6.61 Å². The smallest absolute Gasteiger partial charge is 0.214 e. The van der Waals surface area contributed by atoms with E-state index in [2.05, 4.69) is 36.7 Å². The molecule has 0 bridgehead atoms. The molecular weight excluding hydrogens is 236 g/mol. The molecule has 0 fully saturated rings. The quantitative estimate of drug-likeness (QED) is 0.795. The van der Waals surface area contributed by atoms with Crippen LogP contribution in [0.2, 0.25) is 0 Å². The van der Waals surface area contributed by atoms with Crippen molar-refractivity contribution >= 4 is 10.9 Å². The number of nitrogens with zero attached hydrogens (tertiary/aromatic N) is 2. The van der Waals surface area contributed by atoms with Crippen molar-refractivity contribution in [1.29, 1.82) is 0 Å². The third kappa shape index (κ3) is 3.44. The summed E-state index contributed by atoms with van der Waals surface area (Å²) < 4.78 is 5.78. The number of benzene rings is 1. The Morgan fingerprint density at radius 1 is 1.16 bits per heavy atom. The molecule has 1 aromatic heterocycles. The summed E-state index contributed by atoms with van der Waals surface area (Å²) in [5.74, 6) is 0.725. The average Bonchev–Trinajstić information content (AvgIpc) is 2.44. The number of para-hydroxylation sites is 1. The van der Waals surface area contributed by atoms with Gasteiger partial charge in [0.15, 0.2) is 0 Å². The Morgan fingerprint density at radius 3 is 2.63 bits per heavy atom. The van der Waals surface area contributed by atoms with Crippen LogP contribution in [0.1, 0.15) is 19.4 Å². The Hall–Kier alpha value is -1.61. The number of fused-ring (bicyclic) bond motifs is 1. The standard InChI is InChI=1S/C16H22N2O/c1-4-18(5-2)10-11-19-16-12-13(3)14-8-6-7-9-15(14)17-16/h6-9,12H,4-5,10-11H2,1-3H3. The van der Waals surface area contributed by atoms with Gasteiger partial charge < -0.3 is 9.64 Å². The first kappa shape index (κ1) is 13.8. The molecule has 0 saturated heterocycles. The molecular formula is C16H22N2O. The molecule has 0 N–H and O–H groups in total. The Balaban J connectivity index is 2.05. The molecule has 2 rings (SSSR count). The third-order valence-electron chi connectivity index (χ3n) is 3.45. The fraction of sp³-hybridized carbons (Fsp3) is 0.438. The van der Waals surface area contributed by atoms with E-state index in [1.54, 1.807) is 0 Å². The van der Waals surface area contributed by atoms with Crippen molar-refractivity contribution in [2.45, 2.75) is 20.8 Å². The fourth-order valence-electron chi connectivity index (χ4n) is 2.21. The Kier molecular flexibility index (Phi) is 4.74. The van der Waals surface area contributed by atoms with E-state index in [0.717, 1.165) is 31.0 Å². The van der Waals surface area contributed by atoms with Crippen molar-refractivity contribution < 1.29 is 4.74 Å². The van der Waals surface area contributed by atoms with Gasteiger partial charge in [0.05, 0.1) is 5.52 Å². The summed E-state index contributed by atoms with van der Waals surface area (Å²) in [7, 11) is 0. The molecule has 3 heteroatoms. The van der Waals surface area contributed by atoms with E-state index in [4.69, 9.17) is 4.74 Å². The maximum atomic E-state index is 5.78. The van der Waals surface area contributed by atoms with Crippen LogP contribution in [0.5, 0.6) is 5.88 Å². The van der Waals surface area contributed by atoms with Crippen LogP contribution in [0, 0.1) is 6.92 Å². The summed E-state index contributed by atoms with van der Waals surface area (Å²) in [4.78, 5) is 6.88. The van der Waals surface area contributed by atoms with Gasteiger partial charge in [-0.25, -0.2) is 4.98 Å². The lowest BCUT2D eigenvalue weighted by molar-refractivity contribution is 0.218. The van der Waals surface area contributed by atoms with Gasteiger partial charge in [-0.1, -0.05) is 32.0 Å². The first-order valence-corrected chi connectivity index (χ1v) is 6.96. The van der Waals surface area contributed by atoms with Crippen LogP contribution in [0.3, 0.4) is 0 Å². The molecule has 0 amide bonds. The van der Waals surface area contributed by atoms with Gasteiger partial charge >= 0.3 is 0 Å². The maximum absolute atomic E-state index is 5.78. The summed E-state index contributed by atoms with van der Waals surface area (Å²) >= 11 is 0. The first-order valence-electron chi connectivity index (χ1n) is 6.96. The van der Waals surface area contributed by atoms with Crippen LogP contribution in [0.4, 0.5) is 0 Å². The molecule has 2 aromatic rings. The largest absolute Gasteiger partial charge is 0.476 e. The highest BCUT2D eigenvalue weighted by Crippen LogP contribution is 2.20. The second-order valence-corrected chi connectivity index (χ2v) is 4.67. The normalized spacial score (nSPS) is 11.2. The van der Waals surface area contributed by atoms with Gasteiger partial charge in [-0.15, -0.1) is 0 Å². The van der Waals surface area contributed by atoms with Gasteiger partial charge in [-0.05, 0) is 31.6 Å². The number of pyridine rings is 1. The lowest BCUT2D eigenvalue weighted by atomic mass is 10.1. The van der Waals surface area contributed by atoms with Gasteiger partial charge in [0.2, 0.25) is 5.88 Å². The lowest BCUT2D eigenvalue weighted by Crippen LogP contribution is -2.28. The molecule has 0 atom stereocenters. The van der Waals surface area contributed by atoms with Crippen LogP contribution >= 0.6 is 0 Å². The van der Waals surface area contributed by atoms with Crippen molar-refractivity contribution in [3.63, 3.8) is 0 Å². The number of hydrogen-bond donors (Lipinski definition) is 0. The van der Waals surface area contributed by atoms with Crippen molar-refractivity contribution in [2.24, 2.45) is 0 Å². The zero-order valence-corrected chi connectivity index (χ0v) is 12.0. The van der Waals surface area contributed by atoms with Crippen molar-refractivity contribution in [3.8, 4) is 5.88 Å². The Morgan fingerprint density at radius 2 is 1.89 bits per heavy atom. The number of aryl methyl sites for hydroxylation is 1. The van der Waals surface area contributed by atoms with E-state index in [0.29, 0.717) is 6.61 Å². The minimum Gasteiger partial charge on any atom is -0.476 e. The first-order chi connectivity index (χ1) is 9.24. The number of hydrogen-bond acceptors (Lipinski definition) is 3. The molecule has 19 heavy (non-hydrogen) atoms. The molecule has 0 aliphatic rings. The molecule has 102 valence electrons. The van der Waals surface area contributed by atoms with Gasteiger partial charge in [-0.2, -0.15) is 0 Å². The summed E-state index contributed by atoms with van der Waals surface area (Å²) in [6.45, 7) is 10.2. The molecule has 0 spiro atoms. The van der Waals surface area contributed by atoms with Crippen LogP contribution in [0.15, 0.2) is 30.3 Å². The van der Waals surface area contributed by atoms with Gasteiger partial charge in [-0.3, -0.25) is 0 Å². The summed E-state index contributed by atoms with van der Waals surface area (Å²) in [5, 5.41) is 1.19. The number of aromatic nitrogens is 1. The second-order valence-electron chi connectivity index (χ2n) is 4.67. The van der Waals surface area contributed by atoms with E-state index in [1.807, 2.05) is 24.3 Å². The minimum atomic E-state index is 0.687. The van der Waals surface area contributed by atoms with E-state index in [9.17, 15) is 0 Å². The molecule has 0 unspecified atom stereocenters. The highest BCUT2D eigenvalue weighted by Gasteiger charge is 2.04. The Bertz CT molecular complexity index is 535. The molecule has 0 saturated carbocycles. The SMILES string of the molecule is CCN(CC)CCOc1cc(C)c2ccccc2n1. The zero-order valence-electron chi connectivity index (χ0n) is 12.0. The maximum Gasteiger partial charge on any atom is 0.214 e. The van der Waals surface area contributed by atoms with E-state index in [1.165, 1.54) is 10.9 Å². The van der Waals surface area contributed by atoms with E-state index < -0.39 is 0 Å². The van der Waals surface area contributed by atoms with Crippen molar-refractivity contribution in [2.75, 3.05) is 26.2 Å². The zero-order chi connectivity index (χ0) is 13.7. The molecule has 0 radical (unpaired) electrons. The predicted molar refractivity (Wildman–Crippen MR) is 79.8 cm³/mol.